The van der Waals surface area contributed by atoms with Crippen molar-refractivity contribution >= 4 is 22.7 Å². The van der Waals surface area contributed by atoms with Crippen molar-refractivity contribution in [3.63, 3.8) is 0 Å². The number of esters is 2. The number of hydrogen-bond acceptors (Lipinski definition) is 4. The first kappa shape index (κ1) is 15.7. The molecule has 0 saturated heterocycles. The summed E-state index contributed by atoms with van der Waals surface area (Å²) in [6, 6.07) is 18.8. The van der Waals surface area contributed by atoms with Crippen molar-refractivity contribution in [2.24, 2.45) is 0 Å². The maximum Gasteiger partial charge on any atom is 0.308 e. The molecule has 0 radical (unpaired) electrons. The molecular formula is C20H16O4. The molecule has 0 N–H and O–H groups in total. The Morgan fingerprint density at radius 2 is 1.42 bits per heavy atom. The predicted molar refractivity (Wildman–Crippen MR) is 92.0 cm³/mol. The number of rotatable bonds is 3. The minimum Gasteiger partial charge on any atom is -0.427 e. The summed E-state index contributed by atoms with van der Waals surface area (Å²) in [6.45, 7) is 2.76. The summed E-state index contributed by atoms with van der Waals surface area (Å²) in [6.07, 6.45) is 0. The van der Waals surface area contributed by atoms with Gasteiger partial charge in [-0.15, -0.1) is 0 Å². The van der Waals surface area contributed by atoms with E-state index < -0.39 is 0 Å². The second-order valence-electron chi connectivity index (χ2n) is 5.41. The van der Waals surface area contributed by atoms with Gasteiger partial charge in [-0.1, -0.05) is 36.4 Å². The van der Waals surface area contributed by atoms with Gasteiger partial charge in [-0.25, -0.2) is 0 Å². The van der Waals surface area contributed by atoms with Crippen LogP contribution in [0.5, 0.6) is 11.5 Å². The molecular weight excluding hydrogens is 304 g/mol. The highest BCUT2D eigenvalue weighted by Crippen LogP contribution is 2.33. The fraction of sp³-hybridized carbons (Fsp3) is 0.100. The van der Waals surface area contributed by atoms with Gasteiger partial charge in [0.25, 0.3) is 0 Å². The first-order valence-electron chi connectivity index (χ1n) is 7.53. The van der Waals surface area contributed by atoms with Gasteiger partial charge in [0.1, 0.15) is 11.5 Å². The zero-order valence-corrected chi connectivity index (χ0v) is 13.4. The molecule has 0 aliphatic heterocycles. The quantitative estimate of drug-likeness (QED) is 0.531. The maximum atomic E-state index is 11.3. The molecule has 0 aromatic heterocycles. The molecule has 120 valence electrons. The van der Waals surface area contributed by atoms with E-state index >= 15 is 0 Å². The highest BCUT2D eigenvalue weighted by molar-refractivity contribution is 5.90. The van der Waals surface area contributed by atoms with Crippen LogP contribution in [0, 0.1) is 0 Å². The van der Waals surface area contributed by atoms with E-state index in [1.807, 2.05) is 48.5 Å². The molecule has 0 aliphatic carbocycles. The van der Waals surface area contributed by atoms with Gasteiger partial charge in [0.05, 0.1) is 0 Å². The second-order valence-corrected chi connectivity index (χ2v) is 5.41. The number of fused-ring (bicyclic) bond motifs is 1. The Morgan fingerprint density at radius 1 is 0.750 bits per heavy atom. The molecule has 24 heavy (non-hydrogen) atoms. The standard InChI is InChI=1S/C20H16O4/c1-13(21)23-18-10-9-15-11-17(8-7-16(15)12-18)19-5-3-4-6-20(19)24-14(2)22/h3-12H,1-2H3. The Kier molecular flexibility index (Phi) is 4.29. The van der Waals surface area contributed by atoms with Gasteiger partial charge in [0.15, 0.2) is 0 Å². The van der Waals surface area contributed by atoms with E-state index in [-0.39, 0.29) is 11.9 Å². The average molecular weight is 320 g/mol. The van der Waals surface area contributed by atoms with Crippen LogP contribution in [0.25, 0.3) is 21.9 Å². The first-order valence-corrected chi connectivity index (χ1v) is 7.53. The van der Waals surface area contributed by atoms with E-state index in [2.05, 4.69) is 0 Å². The zero-order valence-electron chi connectivity index (χ0n) is 13.4. The Balaban J connectivity index is 2.03. The summed E-state index contributed by atoms with van der Waals surface area (Å²) in [5.41, 5.74) is 1.79. The third-order valence-electron chi connectivity index (χ3n) is 3.53. The SMILES string of the molecule is CC(=O)Oc1ccc2cc(-c3ccccc3OC(C)=O)ccc2c1. The van der Waals surface area contributed by atoms with Crippen LogP contribution in [-0.2, 0) is 9.59 Å². The largest absolute Gasteiger partial charge is 0.427 e. The number of carbonyl (C=O) groups is 2. The maximum absolute atomic E-state index is 11.3. The molecule has 0 amide bonds. The Bertz CT molecular complexity index is 928. The first-order chi connectivity index (χ1) is 11.5. The third-order valence-corrected chi connectivity index (χ3v) is 3.53. The Labute approximate surface area is 139 Å². The fourth-order valence-electron chi connectivity index (χ4n) is 2.57. The van der Waals surface area contributed by atoms with Crippen molar-refractivity contribution in [1.29, 1.82) is 0 Å². The molecule has 3 rings (SSSR count). The summed E-state index contributed by atoms with van der Waals surface area (Å²) in [7, 11) is 0. The van der Waals surface area contributed by atoms with Gasteiger partial charge >= 0.3 is 11.9 Å². The van der Waals surface area contributed by atoms with Crippen molar-refractivity contribution in [1.82, 2.24) is 0 Å². The van der Waals surface area contributed by atoms with Crippen molar-refractivity contribution < 1.29 is 19.1 Å². The molecule has 0 spiro atoms. The Morgan fingerprint density at radius 3 is 2.17 bits per heavy atom. The zero-order chi connectivity index (χ0) is 17.1. The summed E-state index contributed by atoms with van der Waals surface area (Å²) < 4.78 is 10.4. The molecule has 4 nitrogen and oxygen atoms in total. The molecule has 0 bridgehead atoms. The van der Waals surface area contributed by atoms with Gasteiger partial charge in [0, 0.05) is 19.4 Å². The van der Waals surface area contributed by atoms with Crippen molar-refractivity contribution in [3.8, 4) is 22.6 Å². The smallest absolute Gasteiger partial charge is 0.308 e. The lowest BCUT2D eigenvalue weighted by atomic mass is 10.0. The van der Waals surface area contributed by atoms with Gasteiger partial charge in [-0.05, 0) is 40.6 Å². The lowest BCUT2D eigenvalue weighted by Crippen LogP contribution is -2.02. The Hall–Kier alpha value is -3.14. The molecule has 3 aromatic rings. The van der Waals surface area contributed by atoms with E-state index in [9.17, 15) is 9.59 Å². The number of carbonyl (C=O) groups excluding carboxylic acids is 2. The van der Waals surface area contributed by atoms with Crippen molar-refractivity contribution in [2.75, 3.05) is 0 Å². The second kappa shape index (κ2) is 6.54. The van der Waals surface area contributed by atoms with Gasteiger partial charge in [0.2, 0.25) is 0 Å². The number of ether oxygens (including phenoxy) is 2. The summed E-state index contributed by atoms with van der Waals surface area (Å²) in [5, 5.41) is 1.96. The van der Waals surface area contributed by atoms with Crippen LogP contribution in [0.1, 0.15) is 13.8 Å². The molecule has 3 aromatic carbocycles. The highest BCUT2D eigenvalue weighted by atomic mass is 16.5. The molecule has 4 heteroatoms. The number of hydrogen-bond donors (Lipinski definition) is 0. The van der Waals surface area contributed by atoms with Crippen LogP contribution in [-0.4, -0.2) is 11.9 Å². The van der Waals surface area contributed by atoms with E-state index in [4.69, 9.17) is 9.47 Å². The third kappa shape index (κ3) is 3.43. The molecule has 0 aliphatic rings. The average Bonchev–Trinajstić information content (AvgIpc) is 2.54. The topological polar surface area (TPSA) is 52.6 Å². The lowest BCUT2D eigenvalue weighted by Gasteiger charge is -2.10. The van der Waals surface area contributed by atoms with Crippen molar-refractivity contribution in [2.45, 2.75) is 13.8 Å². The van der Waals surface area contributed by atoms with E-state index in [0.29, 0.717) is 11.5 Å². The number of para-hydroxylation sites is 1. The minimum absolute atomic E-state index is 0.346. The van der Waals surface area contributed by atoms with Crippen LogP contribution in [0.3, 0.4) is 0 Å². The fourth-order valence-corrected chi connectivity index (χ4v) is 2.57. The van der Waals surface area contributed by atoms with Gasteiger partial charge < -0.3 is 9.47 Å². The normalized spacial score (nSPS) is 10.4. The number of benzene rings is 3. The van der Waals surface area contributed by atoms with Gasteiger partial charge in [-0.2, -0.15) is 0 Å². The lowest BCUT2D eigenvalue weighted by molar-refractivity contribution is -0.132. The van der Waals surface area contributed by atoms with E-state index in [1.165, 1.54) is 13.8 Å². The van der Waals surface area contributed by atoms with E-state index in [0.717, 1.165) is 21.9 Å². The van der Waals surface area contributed by atoms with Crippen LogP contribution in [0.4, 0.5) is 0 Å². The van der Waals surface area contributed by atoms with E-state index in [1.54, 1.807) is 12.1 Å². The molecule has 0 atom stereocenters. The van der Waals surface area contributed by atoms with Crippen LogP contribution < -0.4 is 9.47 Å². The monoisotopic (exact) mass is 320 g/mol. The van der Waals surface area contributed by atoms with Crippen LogP contribution in [0.15, 0.2) is 60.7 Å². The summed E-state index contributed by atoms with van der Waals surface area (Å²) >= 11 is 0. The predicted octanol–water partition coefficient (Wildman–Crippen LogP) is 4.36. The van der Waals surface area contributed by atoms with Crippen LogP contribution in [0.2, 0.25) is 0 Å². The highest BCUT2D eigenvalue weighted by Gasteiger charge is 2.09. The molecule has 0 fully saturated rings. The molecule has 0 saturated carbocycles. The minimum atomic E-state index is -0.353. The van der Waals surface area contributed by atoms with Gasteiger partial charge in [-0.3, -0.25) is 9.59 Å². The van der Waals surface area contributed by atoms with Crippen molar-refractivity contribution in [3.05, 3.63) is 60.7 Å². The summed E-state index contributed by atoms with van der Waals surface area (Å²) in [4.78, 5) is 22.3. The summed E-state index contributed by atoms with van der Waals surface area (Å²) in [5.74, 6) is 0.347. The molecule has 0 heterocycles. The molecule has 0 unspecified atom stereocenters. The van der Waals surface area contributed by atoms with Crippen LogP contribution >= 0.6 is 0 Å².